The molecule has 2 aromatic rings. The van der Waals surface area contributed by atoms with E-state index in [4.69, 9.17) is 4.52 Å². The zero-order chi connectivity index (χ0) is 18.0. The van der Waals surface area contributed by atoms with Crippen LogP contribution in [0.2, 0.25) is 0 Å². The Hall–Kier alpha value is -2.18. The molecule has 7 nitrogen and oxygen atoms in total. The third kappa shape index (κ3) is 4.08. The van der Waals surface area contributed by atoms with E-state index < -0.39 is 0 Å². The first-order chi connectivity index (χ1) is 11.9. The molecule has 1 fully saturated rings. The van der Waals surface area contributed by atoms with Crippen LogP contribution in [0.15, 0.2) is 10.6 Å². The van der Waals surface area contributed by atoms with Crippen LogP contribution in [0.5, 0.6) is 0 Å². The van der Waals surface area contributed by atoms with Gasteiger partial charge in [-0.05, 0) is 32.8 Å². The minimum Gasteiger partial charge on any atom is -0.343 e. The molecule has 7 heteroatoms. The molecule has 0 radical (unpaired) electrons. The molecule has 136 valence electrons. The van der Waals surface area contributed by atoms with Crippen molar-refractivity contribution in [2.24, 2.45) is 0 Å². The van der Waals surface area contributed by atoms with Crippen molar-refractivity contribution in [2.75, 3.05) is 13.1 Å². The van der Waals surface area contributed by atoms with Gasteiger partial charge in [0.1, 0.15) is 0 Å². The molecule has 2 aromatic heterocycles. The van der Waals surface area contributed by atoms with E-state index in [1.165, 1.54) is 0 Å². The molecule has 0 aliphatic carbocycles. The molecule has 3 heterocycles. The molecule has 1 saturated heterocycles. The summed E-state index contributed by atoms with van der Waals surface area (Å²) in [4.78, 5) is 18.9. The monoisotopic (exact) mass is 345 g/mol. The van der Waals surface area contributed by atoms with Gasteiger partial charge in [0.05, 0.1) is 5.69 Å². The molecular formula is C18H27N5O2. The topological polar surface area (TPSA) is 77.0 Å². The van der Waals surface area contributed by atoms with E-state index in [1.807, 2.05) is 29.5 Å². The summed E-state index contributed by atoms with van der Waals surface area (Å²) in [5.74, 6) is 2.21. The fourth-order valence-electron chi connectivity index (χ4n) is 3.28. The van der Waals surface area contributed by atoms with Gasteiger partial charge in [0.15, 0.2) is 5.82 Å². The largest absolute Gasteiger partial charge is 0.343 e. The molecule has 0 bridgehead atoms. The second-order valence-corrected chi connectivity index (χ2v) is 7.20. The van der Waals surface area contributed by atoms with Crippen molar-refractivity contribution < 1.29 is 9.32 Å². The maximum atomic E-state index is 12.5. The second kappa shape index (κ2) is 7.37. The minimum atomic E-state index is 0.194. The summed E-state index contributed by atoms with van der Waals surface area (Å²) < 4.78 is 7.31. The third-order valence-electron chi connectivity index (χ3n) is 4.81. The van der Waals surface area contributed by atoms with Gasteiger partial charge in [0.25, 0.3) is 0 Å². The summed E-state index contributed by atoms with van der Waals surface area (Å²) in [5, 5.41) is 8.46. The van der Waals surface area contributed by atoms with Crippen molar-refractivity contribution in [2.45, 2.75) is 65.3 Å². The number of rotatable bonds is 5. The van der Waals surface area contributed by atoms with Crippen LogP contribution in [-0.4, -0.2) is 43.8 Å². The summed E-state index contributed by atoms with van der Waals surface area (Å²) in [6.07, 6.45) is 2.25. The van der Waals surface area contributed by atoms with E-state index in [0.29, 0.717) is 13.0 Å². The lowest BCUT2D eigenvalue weighted by atomic mass is 9.96. The Balaban J connectivity index is 1.49. The first kappa shape index (κ1) is 17.6. The number of piperidine rings is 1. The first-order valence-electron chi connectivity index (χ1n) is 9.06. The van der Waals surface area contributed by atoms with Crippen LogP contribution in [0.4, 0.5) is 0 Å². The maximum absolute atomic E-state index is 12.5. The average Bonchev–Trinajstić information content (AvgIpc) is 3.19. The lowest BCUT2D eigenvalue weighted by Gasteiger charge is -2.30. The van der Waals surface area contributed by atoms with Crippen LogP contribution in [0.3, 0.4) is 0 Å². The van der Waals surface area contributed by atoms with Crippen LogP contribution < -0.4 is 0 Å². The number of hydrogen-bond donors (Lipinski definition) is 0. The van der Waals surface area contributed by atoms with Gasteiger partial charge in [0, 0.05) is 43.6 Å². The standard InChI is InChI=1S/C18H27N5O2/c1-12(2)17-19-18(25-21-17)15-5-8-22(9-6-15)16(24)7-10-23-14(4)11-13(3)20-23/h11-12,15H,5-10H2,1-4H3. The molecule has 0 N–H and O–H groups in total. The average molecular weight is 345 g/mol. The third-order valence-corrected chi connectivity index (χ3v) is 4.81. The number of aryl methyl sites for hydroxylation is 3. The van der Waals surface area contributed by atoms with E-state index in [9.17, 15) is 4.79 Å². The molecular weight excluding hydrogens is 318 g/mol. The molecule has 1 amide bonds. The van der Waals surface area contributed by atoms with Gasteiger partial charge in [-0.2, -0.15) is 10.1 Å². The molecule has 0 atom stereocenters. The molecule has 0 saturated carbocycles. The van der Waals surface area contributed by atoms with Crippen LogP contribution in [0.25, 0.3) is 0 Å². The molecule has 25 heavy (non-hydrogen) atoms. The maximum Gasteiger partial charge on any atom is 0.229 e. The fourth-order valence-corrected chi connectivity index (χ4v) is 3.28. The second-order valence-electron chi connectivity index (χ2n) is 7.20. The highest BCUT2D eigenvalue weighted by Gasteiger charge is 2.27. The molecule has 1 aliphatic heterocycles. The number of hydrogen-bond acceptors (Lipinski definition) is 5. The smallest absolute Gasteiger partial charge is 0.229 e. The van der Waals surface area contributed by atoms with Crippen molar-refractivity contribution >= 4 is 5.91 Å². The summed E-state index contributed by atoms with van der Waals surface area (Å²) in [7, 11) is 0. The predicted octanol–water partition coefficient (Wildman–Crippen LogP) is 2.80. The first-order valence-corrected chi connectivity index (χ1v) is 9.06. The quantitative estimate of drug-likeness (QED) is 0.833. The van der Waals surface area contributed by atoms with Gasteiger partial charge < -0.3 is 9.42 Å². The number of amides is 1. The van der Waals surface area contributed by atoms with E-state index in [-0.39, 0.29) is 17.7 Å². The highest BCUT2D eigenvalue weighted by molar-refractivity contribution is 5.76. The normalized spacial score (nSPS) is 16.0. The van der Waals surface area contributed by atoms with Crippen LogP contribution in [-0.2, 0) is 11.3 Å². The molecule has 0 unspecified atom stereocenters. The minimum absolute atomic E-state index is 0.194. The van der Waals surface area contributed by atoms with Crippen LogP contribution >= 0.6 is 0 Å². The summed E-state index contributed by atoms with van der Waals surface area (Å²) >= 11 is 0. The number of aromatic nitrogens is 4. The number of likely N-dealkylation sites (tertiary alicyclic amines) is 1. The highest BCUT2D eigenvalue weighted by atomic mass is 16.5. The fraction of sp³-hybridized carbons (Fsp3) is 0.667. The van der Waals surface area contributed by atoms with Gasteiger partial charge in [-0.25, -0.2) is 0 Å². The number of carbonyl (C=O) groups is 1. The van der Waals surface area contributed by atoms with Crippen LogP contribution in [0, 0.1) is 13.8 Å². The van der Waals surface area contributed by atoms with Gasteiger partial charge in [-0.1, -0.05) is 19.0 Å². The van der Waals surface area contributed by atoms with E-state index in [2.05, 4.69) is 29.1 Å². The summed E-state index contributed by atoms with van der Waals surface area (Å²) in [5.41, 5.74) is 2.09. The number of nitrogens with zero attached hydrogens (tertiary/aromatic N) is 5. The highest BCUT2D eigenvalue weighted by Crippen LogP contribution is 2.28. The van der Waals surface area contributed by atoms with Crippen LogP contribution in [0.1, 0.15) is 68.0 Å². The Morgan fingerprint density at radius 3 is 2.60 bits per heavy atom. The van der Waals surface area contributed by atoms with Gasteiger partial charge in [-0.3, -0.25) is 9.48 Å². The molecule has 0 aromatic carbocycles. The van der Waals surface area contributed by atoms with Gasteiger partial charge in [0.2, 0.25) is 11.8 Å². The lowest BCUT2D eigenvalue weighted by molar-refractivity contribution is -0.132. The molecule has 3 rings (SSSR count). The Morgan fingerprint density at radius 1 is 1.32 bits per heavy atom. The Morgan fingerprint density at radius 2 is 2.04 bits per heavy atom. The van der Waals surface area contributed by atoms with Crippen molar-refractivity contribution in [3.63, 3.8) is 0 Å². The zero-order valence-electron chi connectivity index (χ0n) is 15.5. The predicted molar refractivity (Wildman–Crippen MR) is 93.3 cm³/mol. The van der Waals surface area contributed by atoms with Crippen molar-refractivity contribution in [1.82, 2.24) is 24.8 Å². The Labute approximate surface area is 148 Å². The Kier molecular flexibility index (Phi) is 5.20. The molecule has 0 spiro atoms. The zero-order valence-corrected chi connectivity index (χ0v) is 15.5. The Bertz CT molecular complexity index is 726. The van der Waals surface area contributed by atoms with Crippen molar-refractivity contribution in [1.29, 1.82) is 0 Å². The van der Waals surface area contributed by atoms with Crippen molar-refractivity contribution in [3.8, 4) is 0 Å². The summed E-state index contributed by atoms with van der Waals surface area (Å²) in [6.45, 7) is 10.2. The lowest BCUT2D eigenvalue weighted by Crippen LogP contribution is -2.38. The molecule has 1 aliphatic rings. The van der Waals surface area contributed by atoms with Crippen molar-refractivity contribution in [3.05, 3.63) is 29.2 Å². The van der Waals surface area contributed by atoms with E-state index >= 15 is 0 Å². The van der Waals surface area contributed by atoms with Gasteiger partial charge >= 0.3 is 0 Å². The summed E-state index contributed by atoms with van der Waals surface area (Å²) in [6, 6.07) is 2.03. The SMILES string of the molecule is Cc1cc(C)n(CCC(=O)N2CCC(c3nc(C(C)C)no3)CC2)n1. The van der Waals surface area contributed by atoms with E-state index in [0.717, 1.165) is 49.0 Å². The van der Waals surface area contributed by atoms with Gasteiger partial charge in [-0.15, -0.1) is 0 Å². The number of carbonyl (C=O) groups excluding carboxylic acids is 1. The van der Waals surface area contributed by atoms with E-state index in [1.54, 1.807) is 0 Å².